The van der Waals surface area contributed by atoms with Gasteiger partial charge in [0, 0.05) is 12.2 Å². The van der Waals surface area contributed by atoms with Gasteiger partial charge in [0.2, 0.25) is 0 Å². The Kier molecular flexibility index (Phi) is 4.67. The Morgan fingerprint density at radius 2 is 1.62 bits per heavy atom. The first kappa shape index (κ1) is 16.3. The van der Waals surface area contributed by atoms with Crippen molar-refractivity contribution in [2.45, 2.75) is 13.3 Å². The number of hydrogen-bond donors (Lipinski definition) is 1. The van der Waals surface area contributed by atoms with E-state index >= 15 is 0 Å². The van der Waals surface area contributed by atoms with Crippen molar-refractivity contribution in [3.63, 3.8) is 0 Å². The number of carbonyl (C=O) groups is 2. The Bertz CT molecular complexity index is 815. The van der Waals surface area contributed by atoms with E-state index in [1.807, 2.05) is 61.5 Å². The average molecular weight is 341 g/mol. The van der Waals surface area contributed by atoms with Crippen LogP contribution >= 0.6 is 11.6 Å². The molecule has 2 amide bonds. The van der Waals surface area contributed by atoms with Gasteiger partial charge in [0.1, 0.15) is 10.7 Å². The number of rotatable bonds is 5. The third kappa shape index (κ3) is 3.19. The van der Waals surface area contributed by atoms with E-state index in [2.05, 4.69) is 5.32 Å². The summed E-state index contributed by atoms with van der Waals surface area (Å²) in [5, 5.41) is 2.94. The summed E-state index contributed by atoms with van der Waals surface area (Å²) in [6.07, 6.45) is 0.597. The van der Waals surface area contributed by atoms with Gasteiger partial charge in [-0.05, 0) is 30.5 Å². The second-order valence-electron chi connectivity index (χ2n) is 5.63. The summed E-state index contributed by atoms with van der Waals surface area (Å²) in [6.45, 7) is 2.22. The van der Waals surface area contributed by atoms with E-state index in [0.717, 1.165) is 16.8 Å². The van der Waals surface area contributed by atoms with Gasteiger partial charge in [0.05, 0.1) is 0 Å². The zero-order valence-electron chi connectivity index (χ0n) is 13.3. The highest BCUT2D eigenvalue weighted by Gasteiger charge is 2.37. The molecule has 2 aromatic carbocycles. The van der Waals surface area contributed by atoms with Gasteiger partial charge in [-0.3, -0.25) is 14.5 Å². The molecule has 0 aliphatic carbocycles. The van der Waals surface area contributed by atoms with Gasteiger partial charge in [-0.25, -0.2) is 0 Å². The van der Waals surface area contributed by atoms with Crippen LogP contribution in [0.5, 0.6) is 0 Å². The number of imide groups is 1. The molecule has 3 rings (SSSR count). The highest BCUT2D eigenvalue weighted by Crippen LogP contribution is 2.27. The molecule has 0 saturated heterocycles. The van der Waals surface area contributed by atoms with E-state index in [9.17, 15) is 9.59 Å². The predicted molar refractivity (Wildman–Crippen MR) is 94.5 cm³/mol. The zero-order chi connectivity index (χ0) is 17.1. The number of carbonyl (C=O) groups excluding carboxylic acids is 2. The van der Waals surface area contributed by atoms with Crippen molar-refractivity contribution in [3.8, 4) is 0 Å². The highest BCUT2D eigenvalue weighted by molar-refractivity contribution is 6.48. The molecule has 0 saturated carbocycles. The minimum atomic E-state index is -0.450. The van der Waals surface area contributed by atoms with Crippen molar-refractivity contribution in [2.24, 2.45) is 0 Å². The molecule has 0 aromatic heterocycles. The van der Waals surface area contributed by atoms with E-state index < -0.39 is 5.91 Å². The summed E-state index contributed by atoms with van der Waals surface area (Å²) in [6, 6.07) is 17.3. The molecule has 0 atom stereocenters. The molecule has 1 aliphatic rings. The fourth-order valence-corrected chi connectivity index (χ4v) is 2.82. The van der Waals surface area contributed by atoms with Crippen LogP contribution in [0, 0.1) is 6.92 Å². The molecule has 0 radical (unpaired) electrons. The number of aryl methyl sites for hydroxylation is 1. The minimum Gasteiger partial charge on any atom is -0.349 e. The Morgan fingerprint density at radius 3 is 2.33 bits per heavy atom. The molecule has 1 aliphatic heterocycles. The van der Waals surface area contributed by atoms with Gasteiger partial charge < -0.3 is 5.32 Å². The summed E-state index contributed by atoms with van der Waals surface area (Å²) < 4.78 is 0. The molecule has 4 nitrogen and oxygen atoms in total. The van der Waals surface area contributed by atoms with Crippen LogP contribution in [0.15, 0.2) is 65.3 Å². The van der Waals surface area contributed by atoms with Gasteiger partial charge in [-0.15, -0.1) is 0 Å². The lowest BCUT2D eigenvalue weighted by Gasteiger charge is -2.15. The largest absolute Gasteiger partial charge is 0.349 e. The molecule has 0 bridgehead atoms. The Labute approximate surface area is 145 Å². The van der Waals surface area contributed by atoms with Crippen molar-refractivity contribution in [3.05, 3.63) is 76.5 Å². The third-order valence-electron chi connectivity index (χ3n) is 3.98. The van der Waals surface area contributed by atoms with Crippen molar-refractivity contribution in [1.29, 1.82) is 0 Å². The van der Waals surface area contributed by atoms with Gasteiger partial charge in [-0.1, -0.05) is 60.1 Å². The number of nitrogens with zero attached hydrogens (tertiary/aromatic N) is 1. The summed E-state index contributed by atoms with van der Waals surface area (Å²) >= 11 is 6.11. The third-order valence-corrected chi connectivity index (χ3v) is 4.33. The SMILES string of the molecule is Cc1ccccc1NC1=C(Cl)C(=O)N(CCc2ccccc2)C1=O. The van der Waals surface area contributed by atoms with Crippen LogP contribution in [-0.4, -0.2) is 23.3 Å². The maximum absolute atomic E-state index is 12.6. The van der Waals surface area contributed by atoms with Gasteiger partial charge in [-0.2, -0.15) is 0 Å². The molecule has 1 heterocycles. The van der Waals surface area contributed by atoms with Crippen LogP contribution in [0.25, 0.3) is 0 Å². The van der Waals surface area contributed by atoms with Crippen molar-refractivity contribution < 1.29 is 9.59 Å². The Hall–Kier alpha value is -2.59. The lowest BCUT2D eigenvalue weighted by Crippen LogP contribution is -2.34. The molecule has 0 spiro atoms. The second kappa shape index (κ2) is 6.89. The quantitative estimate of drug-likeness (QED) is 0.848. The molecule has 0 fully saturated rings. The van der Waals surface area contributed by atoms with E-state index in [1.165, 1.54) is 4.90 Å². The molecule has 5 heteroatoms. The van der Waals surface area contributed by atoms with Gasteiger partial charge in [0.25, 0.3) is 11.8 Å². The van der Waals surface area contributed by atoms with Crippen LogP contribution in [0.2, 0.25) is 0 Å². The molecule has 122 valence electrons. The van der Waals surface area contributed by atoms with Crippen LogP contribution in [0.4, 0.5) is 5.69 Å². The van der Waals surface area contributed by atoms with Crippen LogP contribution in [0.3, 0.4) is 0 Å². The van der Waals surface area contributed by atoms with Crippen molar-refractivity contribution >= 4 is 29.1 Å². The van der Waals surface area contributed by atoms with Crippen LogP contribution < -0.4 is 5.32 Å². The maximum Gasteiger partial charge on any atom is 0.278 e. The number of hydrogen-bond acceptors (Lipinski definition) is 3. The number of nitrogens with one attached hydrogen (secondary N) is 1. The van der Waals surface area contributed by atoms with E-state index in [-0.39, 0.29) is 16.6 Å². The fourth-order valence-electron chi connectivity index (χ4n) is 2.59. The van der Waals surface area contributed by atoms with Gasteiger partial charge in [0.15, 0.2) is 0 Å². The standard InChI is InChI=1S/C19H17ClN2O2/c1-13-7-5-6-10-15(13)21-17-16(20)18(23)22(19(17)24)12-11-14-8-3-2-4-9-14/h2-10,21H,11-12H2,1H3. The molecular weight excluding hydrogens is 324 g/mol. The number of amides is 2. The van der Waals surface area contributed by atoms with Crippen LogP contribution in [-0.2, 0) is 16.0 Å². The first-order valence-corrected chi connectivity index (χ1v) is 8.08. The number of para-hydroxylation sites is 1. The summed E-state index contributed by atoms with van der Waals surface area (Å²) in [5.41, 5.74) is 2.94. The molecule has 1 N–H and O–H groups in total. The zero-order valence-corrected chi connectivity index (χ0v) is 14.0. The highest BCUT2D eigenvalue weighted by atomic mass is 35.5. The van der Waals surface area contributed by atoms with Crippen molar-refractivity contribution in [1.82, 2.24) is 4.90 Å². The average Bonchev–Trinajstić information content (AvgIpc) is 2.79. The van der Waals surface area contributed by atoms with E-state index in [1.54, 1.807) is 0 Å². The van der Waals surface area contributed by atoms with Crippen molar-refractivity contribution in [2.75, 3.05) is 11.9 Å². The summed E-state index contributed by atoms with van der Waals surface area (Å²) in [5.74, 6) is -0.835. The van der Waals surface area contributed by atoms with E-state index in [0.29, 0.717) is 13.0 Å². The smallest absolute Gasteiger partial charge is 0.278 e. The first-order chi connectivity index (χ1) is 11.6. The molecular formula is C19H17ClN2O2. The lowest BCUT2D eigenvalue weighted by molar-refractivity contribution is -0.137. The first-order valence-electron chi connectivity index (χ1n) is 7.70. The van der Waals surface area contributed by atoms with Crippen LogP contribution in [0.1, 0.15) is 11.1 Å². The maximum atomic E-state index is 12.6. The minimum absolute atomic E-state index is 0.0590. The second-order valence-corrected chi connectivity index (χ2v) is 6.00. The Balaban J connectivity index is 1.74. The number of halogens is 1. The monoisotopic (exact) mass is 340 g/mol. The fraction of sp³-hybridized carbons (Fsp3) is 0.158. The molecule has 0 unspecified atom stereocenters. The lowest BCUT2D eigenvalue weighted by atomic mass is 10.1. The van der Waals surface area contributed by atoms with E-state index in [4.69, 9.17) is 11.6 Å². The van der Waals surface area contributed by atoms with Gasteiger partial charge >= 0.3 is 0 Å². The normalized spacial score (nSPS) is 14.5. The number of benzene rings is 2. The molecule has 24 heavy (non-hydrogen) atoms. The summed E-state index contributed by atoms with van der Waals surface area (Å²) in [7, 11) is 0. The number of anilines is 1. The topological polar surface area (TPSA) is 49.4 Å². The Morgan fingerprint density at radius 1 is 0.958 bits per heavy atom. The molecule has 2 aromatic rings. The summed E-state index contributed by atoms with van der Waals surface area (Å²) in [4.78, 5) is 26.1. The predicted octanol–water partition coefficient (Wildman–Crippen LogP) is 3.47.